The molecule has 0 radical (unpaired) electrons. The number of aromatic nitrogens is 2. The first-order valence-corrected chi connectivity index (χ1v) is 12.4. The molecule has 1 aromatic heterocycles. The number of hydrogen-bond donors (Lipinski definition) is 2. The smallest absolute Gasteiger partial charge is 0.141 e. The highest BCUT2D eigenvalue weighted by Crippen LogP contribution is 2.35. The topological polar surface area (TPSA) is 61.5 Å². The molecule has 1 saturated heterocycles. The number of aliphatic hydroxyl groups excluding tert-OH is 1. The van der Waals surface area contributed by atoms with Gasteiger partial charge in [-0.3, -0.25) is 0 Å². The number of β-amino-alcohol motifs (C(OH)–C–C–N with tert-alkyl or cyclic N) is 1. The van der Waals surface area contributed by atoms with Crippen LogP contribution < -0.4 is 0 Å². The molecule has 2 aliphatic rings. The molecule has 0 amide bonds. The van der Waals surface area contributed by atoms with Crippen LogP contribution in [0.3, 0.4) is 0 Å². The molecule has 32 heavy (non-hydrogen) atoms. The Morgan fingerprint density at radius 2 is 1.91 bits per heavy atom. The standard InChI is InChI=1S/C26H32BrN3O2/c1-16-4-7-22-21(10-16)28-25(26(2,3)32)30(22)23-8-9-29(15-24(23)31)14-17-11-18-5-6-20(27)13-19(18)12-17/h4-7,10,13,17,23-24,31-32H,8-9,11-12,14-15H2,1-3H3/t17-,23+,24+/m0/s1. The van der Waals surface area contributed by atoms with Crippen LogP contribution in [-0.4, -0.2) is 50.4 Å². The van der Waals surface area contributed by atoms with Gasteiger partial charge in [-0.1, -0.05) is 28.1 Å². The molecule has 3 atom stereocenters. The van der Waals surface area contributed by atoms with Crippen molar-refractivity contribution < 1.29 is 10.2 Å². The molecule has 0 spiro atoms. The van der Waals surface area contributed by atoms with Crippen molar-refractivity contribution in [3.05, 3.63) is 63.4 Å². The second-order valence-electron chi connectivity index (χ2n) is 10.2. The summed E-state index contributed by atoms with van der Waals surface area (Å²) in [6, 6.07) is 12.7. The zero-order chi connectivity index (χ0) is 22.6. The first-order chi connectivity index (χ1) is 15.2. The van der Waals surface area contributed by atoms with Gasteiger partial charge >= 0.3 is 0 Å². The Kier molecular flexibility index (Phi) is 5.69. The highest BCUT2D eigenvalue weighted by Gasteiger charge is 2.36. The molecule has 5 nitrogen and oxygen atoms in total. The number of fused-ring (bicyclic) bond motifs is 2. The second kappa shape index (κ2) is 8.24. The van der Waals surface area contributed by atoms with Crippen LogP contribution in [-0.2, 0) is 18.4 Å². The van der Waals surface area contributed by atoms with Crippen LogP contribution in [0.2, 0.25) is 0 Å². The van der Waals surface area contributed by atoms with Gasteiger partial charge < -0.3 is 19.7 Å². The van der Waals surface area contributed by atoms with Gasteiger partial charge in [-0.05, 0) is 86.9 Å². The van der Waals surface area contributed by atoms with E-state index in [2.05, 4.69) is 68.7 Å². The van der Waals surface area contributed by atoms with E-state index in [1.807, 2.05) is 0 Å². The first kappa shape index (κ1) is 22.1. The number of halogens is 1. The molecule has 0 saturated carbocycles. The minimum Gasteiger partial charge on any atom is -0.390 e. The quantitative estimate of drug-likeness (QED) is 0.562. The monoisotopic (exact) mass is 497 g/mol. The van der Waals surface area contributed by atoms with E-state index in [9.17, 15) is 10.2 Å². The summed E-state index contributed by atoms with van der Waals surface area (Å²) in [7, 11) is 0. The molecular formula is C26H32BrN3O2. The maximum absolute atomic E-state index is 11.2. The number of hydrogen-bond acceptors (Lipinski definition) is 4. The second-order valence-corrected chi connectivity index (χ2v) is 11.1. The van der Waals surface area contributed by atoms with Crippen molar-refractivity contribution >= 4 is 27.0 Å². The zero-order valence-corrected chi connectivity index (χ0v) is 20.6. The lowest BCUT2D eigenvalue weighted by Crippen LogP contribution is -2.47. The maximum atomic E-state index is 11.2. The van der Waals surface area contributed by atoms with Crippen LogP contribution in [0.15, 0.2) is 40.9 Å². The average Bonchev–Trinajstić information content (AvgIpc) is 3.28. The zero-order valence-electron chi connectivity index (χ0n) is 19.1. The van der Waals surface area contributed by atoms with Crippen molar-refractivity contribution in [2.75, 3.05) is 19.6 Å². The van der Waals surface area contributed by atoms with Crippen molar-refractivity contribution in [1.29, 1.82) is 0 Å². The highest BCUT2D eigenvalue weighted by molar-refractivity contribution is 9.10. The predicted octanol–water partition coefficient (Wildman–Crippen LogP) is 4.36. The van der Waals surface area contributed by atoms with Gasteiger partial charge in [-0.15, -0.1) is 0 Å². The van der Waals surface area contributed by atoms with Crippen molar-refractivity contribution in [3.63, 3.8) is 0 Å². The summed E-state index contributed by atoms with van der Waals surface area (Å²) >= 11 is 3.59. The minimum absolute atomic E-state index is 0.0860. The Morgan fingerprint density at radius 1 is 1.12 bits per heavy atom. The van der Waals surface area contributed by atoms with Crippen LogP contribution in [0.25, 0.3) is 11.0 Å². The largest absolute Gasteiger partial charge is 0.390 e. The van der Waals surface area contributed by atoms with Crippen LogP contribution in [0, 0.1) is 12.8 Å². The lowest BCUT2D eigenvalue weighted by atomic mass is 9.97. The van der Waals surface area contributed by atoms with Crippen LogP contribution in [0.1, 0.15) is 48.8 Å². The fraction of sp³-hybridized carbons (Fsp3) is 0.500. The fourth-order valence-electron chi connectivity index (χ4n) is 5.60. The molecule has 0 unspecified atom stereocenters. The van der Waals surface area contributed by atoms with E-state index < -0.39 is 11.7 Å². The van der Waals surface area contributed by atoms with E-state index in [0.717, 1.165) is 53.4 Å². The van der Waals surface area contributed by atoms with Gasteiger partial charge in [0.15, 0.2) is 0 Å². The van der Waals surface area contributed by atoms with Gasteiger partial charge in [0.2, 0.25) is 0 Å². The molecule has 170 valence electrons. The summed E-state index contributed by atoms with van der Waals surface area (Å²) in [4.78, 5) is 7.19. The molecule has 0 bridgehead atoms. The minimum atomic E-state index is -1.08. The summed E-state index contributed by atoms with van der Waals surface area (Å²) in [5.41, 5.74) is 4.85. The summed E-state index contributed by atoms with van der Waals surface area (Å²) in [6.45, 7) is 8.20. The van der Waals surface area contributed by atoms with Gasteiger partial charge in [0.05, 0.1) is 23.2 Å². The fourth-order valence-corrected chi connectivity index (χ4v) is 6.01. The molecule has 1 fully saturated rings. The number of aliphatic hydroxyl groups is 2. The van der Waals surface area contributed by atoms with Crippen molar-refractivity contribution in [3.8, 4) is 0 Å². The van der Waals surface area contributed by atoms with E-state index in [1.54, 1.807) is 13.8 Å². The number of likely N-dealkylation sites (tertiary alicyclic amines) is 1. The number of benzene rings is 2. The Morgan fingerprint density at radius 3 is 2.66 bits per heavy atom. The molecule has 5 rings (SSSR count). The number of imidazole rings is 1. The van der Waals surface area contributed by atoms with E-state index in [0.29, 0.717) is 18.3 Å². The van der Waals surface area contributed by atoms with Gasteiger partial charge in [0.25, 0.3) is 0 Å². The van der Waals surface area contributed by atoms with E-state index in [1.165, 1.54) is 11.1 Å². The summed E-state index contributed by atoms with van der Waals surface area (Å²) in [6.07, 6.45) is 2.57. The van der Waals surface area contributed by atoms with Gasteiger partial charge in [0, 0.05) is 24.1 Å². The predicted molar refractivity (Wildman–Crippen MR) is 131 cm³/mol. The number of aryl methyl sites for hydroxylation is 1. The third-order valence-electron chi connectivity index (χ3n) is 7.06. The van der Waals surface area contributed by atoms with Crippen molar-refractivity contribution in [1.82, 2.24) is 14.5 Å². The van der Waals surface area contributed by atoms with Crippen LogP contribution in [0.5, 0.6) is 0 Å². The number of piperidine rings is 1. The Bertz CT molecular complexity index is 1150. The number of nitrogens with zero attached hydrogens (tertiary/aromatic N) is 3. The molecule has 2 N–H and O–H groups in total. The molecule has 6 heteroatoms. The lowest BCUT2D eigenvalue weighted by Gasteiger charge is -2.39. The van der Waals surface area contributed by atoms with E-state index in [-0.39, 0.29) is 6.04 Å². The normalized spacial score (nSPS) is 24.2. The van der Waals surface area contributed by atoms with E-state index in [4.69, 9.17) is 4.98 Å². The molecule has 3 aromatic rings. The third kappa shape index (κ3) is 4.14. The Labute approximate surface area is 198 Å². The lowest BCUT2D eigenvalue weighted by molar-refractivity contribution is 0.0119. The number of rotatable bonds is 4. The van der Waals surface area contributed by atoms with Crippen LogP contribution >= 0.6 is 15.9 Å². The SMILES string of the molecule is Cc1ccc2c(c1)nc(C(C)(C)O)n2[C@@H]1CCN(C[C@H]2Cc3ccc(Br)cc3C2)C[C@H]1O. The van der Waals surface area contributed by atoms with Crippen LogP contribution in [0.4, 0.5) is 0 Å². The molecular weight excluding hydrogens is 466 g/mol. The van der Waals surface area contributed by atoms with Gasteiger partial charge in [-0.2, -0.15) is 0 Å². The van der Waals surface area contributed by atoms with Gasteiger partial charge in [-0.25, -0.2) is 4.98 Å². The maximum Gasteiger partial charge on any atom is 0.141 e. The van der Waals surface area contributed by atoms with Crippen molar-refractivity contribution in [2.45, 2.75) is 57.8 Å². The molecule has 2 heterocycles. The Hall–Kier alpha value is -1.73. The summed E-state index contributed by atoms with van der Waals surface area (Å²) in [5, 5.41) is 22.0. The summed E-state index contributed by atoms with van der Waals surface area (Å²) < 4.78 is 3.25. The molecule has 1 aliphatic carbocycles. The average molecular weight is 498 g/mol. The van der Waals surface area contributed by atoms with E-state index >= 15 is 0 Å². The molecule has 1 aliphatic heterocycles. The third-order valence-corrected chi connectivity index (χ3v) is 7.55. The van der Waals surface area contributed by atoms with Crippen molar-refractivity contribution in [2.24, 2.45) is 5.92 Å². The highest BCUT2D eigenvalue weighted by atomic mass is 79.9. The van der Waals surface area contributed by atoms with Gasteiger partial charge in [0.1, 0.15) is 11.4 Å². The summed E-state index contributed by atoms with van der Waals surface area (Å²) in [5.74, 6) is 1.24. The Balaban J connectivity index is 1.34. The molecule has 2 aromatic carbocycles. The first-order valence-electron chi connectivity index (χ1n) is 11.6.